The molecule has 1 aromatic rings. The SMILES string of the molecule is N#Cc1ccc(CNC(=O)OC2CCNCC2)cc1.O=C(O)C(F)(F)F. The topological polar surface area (TPSA) is 111 Å². The van der Waals surface area contributed by atoms with Crippen LogP contribution >= 0.6 is 0 Å². The first-order chi connectivity index (χ1) is 12.2. The van der Waals surface area contributed by atoms with Gasteiger partial charge >= 0.3 is 18.2 Å². The molecule has 142 valence electrons. The fourth-order valence-electron chi connectivity index (χ4n) is 1.98. The van der Waals surface area contributed by atoms with Gasteiger partial charge < -0.3 is 20.5 Å². The molecule has 2 rings (SSSR count). The summed E-state index contributed by atoms with van der Waals surface area (Å²) < 4.78 is 37.1. The van der Waals surface area contributed by atoms with Crippen molar-refractivity contribution in [3.8, 4) is 6.07 Å². The van der Waals surface area contributed by atoms with Crippen molar-refractivity contribution in [2.75, 3.05) is 13.1 Å². The molecule has 3 N–H and O–H groups in total. The predicted molar refractivity (Wildman–Crippen MR) is 84.1 cm³/mol. The second-order valence-electron chi connectivity index (χ2n) is 5.32. The normalized spacial score (nSPS) is 14.4. The van der Waals surface area contributed by atoms with E-state index in [1.807, 2.05) is 12.1 Å². The number of nitrogens with zero attached hydrogens (tertiary/aromatic N) is 1. The average Bonchev–Trinajstić information content (AvgIpc) is 2.61. The number of carboxylic acids is 1. The lowest BCUT2D eigenvalue weighted by molar-refractivity contribution is -0.192. The highest BCUT2D eigenvalue weighted by molar-refractivity contribution is 5.73. The van der Waals surface area contributed by atoms with Crippen molar-refractivity contribution in [1.82, 2.24) is 10.6 Å². The lowest BCUT2D eigenvalue weighted by atomic mass is 10.1. The Bertz CT molecular complexity index is 636. The standard InChI is InChI=1S/C14H17N3O2.C2HF3O2/c15-9-11-1-3-12(4-2-11)10-17-14(18)19-13-5-7-16-8-6-13;3-2(4,5)1(6)7/h1-4,13,16H,5-8,10H2,(H,17,18);(H,6,7). The number of alkyl carbamates (subject to hydrolysis) is 1. The molecule has 0 radical (unpaired) electrons. The Kier molecular flexibility index (Phi) is 8.37. The number of hydrogen-bond acceptors (Lipinski definition) is 5. The largest absolute Gasteiger partial charge is 0.490 e. The molecule has 0 aliphatic carbocycles. The van der Waals surface area contributed by atoms with Crippen molar-refractivity contribution in [2.24, 2.45) is 0 Å². The van der Waals surface area contributed by atoms with Gasteiger partial charge in [-0.2, -0.15) is 18.4 Å². The van der Waals surface area contributed by atoms with Crippen LogP contribution in [0.25, 0.3) is 0 Å². The van der Waals surface area contributed by atoms with Crippen LogP contribution in [0.5, 0.6) is 0 Å². The molecule has 26 heavy (non-hydrogen) atoms. The van der Waals surface area contributed by atoms with E-state index in [0.717, 1.165) is 31.5 Å². The van der Waals surface area contributed by atoms with Crippen LogP contribution in [-0.4, -0.2) is 42.5 Å². The highest BCUT2D eigenvalue weighted by atomic mass is 19.4. The van der Waals surface area contributed by atoms with Gasteiger partial charge in [0.25, 0.3) is 0 Å². The van der Waals surface area contributed by atoms with Gasteiger partial charge in [0.05, 0.1) is 11.6 Å². The third-order valence-electron chi connectivity index (χ3n) is 3.32. The maximum absolute atomic E-state index is 11.6. The number of nitriles is 1. The number of hydrogen-bond donors (Lipinski definition) is 3. The molecule has 0 atom stereocenters. The summed E-state index contributed by atoms with van der Waals surface area (Å²) in [5.41, 5.74) is 1.56. The van der Waals surface area contributed by atoms with Gasteiger partial charge in [-0.05, 0) is 43.6 Å². The molecule has 10 heteroatoms. The van der Waals surface area contributed by atoms with E-state index in [2.05, 4.69) is 16.7 Å². The van der Waals surface area contributed by atoms with Crippen LogP contribution in [0, 0.1) is 11.3 Å². The molecule has 1 saturated heterocycles. The Labute approximate surface area is 147 Å². The molecule has 0 aromatic heterocycles. The highest BCUT2D eigenvalue weighted by Gasteiger charge is 2.38. The minimum absolute atomic E-state index is 0.0159. The van der Waals surface area contributed by atoms with E-state index in [1.165, 1.54) is 0 Å². The van der Waals surface area contributed by atoms with Crippen molar-refractivity contribution >= 4 is 12.1 Å². The lowest BCUT2D eigenvalue weighted by Gasteiger charge is -2.22. The first kappa shape index (κ1) is 21.2. The van der Waals surface area contributed by atoms with Gasteiger partial charge in [0, 0.05) is 6.54 Å². The van der Waals surface area contributed by atoms with E-state index >= 15 is 0 Å². The Morgan fingerprint density at radius 2 is 1.81 bits per heavy atom. The molecular weight excluding hydrogens is 355 g/mol. The van der Waals surface area contributed by atoms with E-state index in [4.69, 9.17) is 19.9 Å². The fourth-order valence-corrected chi connectivity index (χ4v) is 1.98. The van der Waals surface area contributed by atoms with Crippen molar-refractivity contribution in [2.45, 2.75) is 31.7 Å². The van der Waals surface area contributed by atoms with Crippen LogP contribution in [0.2, 0.25) is 0 Å². The Morgan fingerprint density at radius 1 is 1.27 bits per heavy atom. The van der Waals surface area contributed by atoms with E-state index in [-0.39, 0.29) is 12.2 Å². The number of benzene rings is 1. The smallest absolute Gasteiger partial charge is 0.475 e. The lowest BCUT2D eigenvalue weighted by Crippen LogP contribution is -2.36. The van der Waals surface area contributed by atoms with E-state index in [9.17, 15) is 18.0 Å². The average molecular weight is 373 g/mol. The van der Waals surface area contributed by atoms with Gasteiger partial charge in [0.2, 0.25) is 0 Å². The van der Waals surface area contributed by atoms with Gasteiger partial charge in [-0.3, -0.25) is 0 Å². The molecule has 7 nitrogen and oxygen atoms in total. The molecule has 1 aliphatic heterocycles. The van der Waals surface area contributed by atoms with E-state index in [0.29, 0.717) is 12.1 Å². The number of amides is 1. The number of aliphatic carboxylic acids is 1. The van der Waals surface area contributed by atoms with E-state index in [1.54, 1.807) is 12.1 Å². The molecule has 1 fully saturated rings. The van der Waals surface area contributed by atoms with Crippen LogP contribution in [0.15, 0.2) is 24.3 Å². The minimum Gasteiger partial charge on any atom is -0.475 e. The molecule has 0 bridgehead atoms. The second-order valence-corrected chi connectivity index (χ2v) is 5.32. The molecular formula is C16H18F3N3O4. The summed E-state index contributed by atoms with van der Waals surface area (Å²) in [6.07, 6.45) is -3.72. The molecule has 1 amide bonds. The van der Waals surface area contributed by atoms with Crippen LogP contribution in [0.4, 0.5) is 18.0 Å². The quantitative estimate of drug-likeness (QED) is 0.749. The zero-order valence-corrected chi connectivity index (χ0v) is 13.7. The summed E-state index contributed by atoms with van der Waals surface area (Å²) in [6.45, 7) is 2.21. The second kappa shape index (κ2) is 10.2. The van der Waals surface area contributed by atoms with Gasteiger partial charge in [0.1, 0.15) is 6.10 Å². The zero-order valence-electron chi connectivity index (χ0n) is 13.7. The third-order valence-corrected chi connectivity index (χ3v) is 3.32. The minimum atomic E-state index is -5.08. The summed E-state index contributed by atoms with van der Waals surface area (Å²) in [5, 5.41) is 21.7. The van der Waals surface area contributed by atoms with Crippen LogP contribution in [-0.2, 0) is 16.1 Å². The van der Waals surface area contributed by atoms with Crippen LogP contribution in [0.3, 0.4) is 0 Å². The van der Waals surface area contributed by atoms with Gasteiger partial charge in [-0.15, -0.1) is 0 Å². The summed E-state index contributed by atoms with van der Waals surface area (Å²) >= 11 is 0. The van der Waals surface area contributed by atoms with Gasteiger partial charge in [-0.1, -0.05) is 12.1 Å². The molecule has 1 aromatic carbocycles. The number of alkyl halides is 3. The molecule has 1 heterocycles. The maximum atomic E-state index is 11.6. The monoisotopic (exact) mass is 373 g/mol. The number of ether oxygens (including phenoxy) is 1. The Morgan fingerprint density at radius 3 is 2.27 bits per heavy atom. The number of piperidine rings is 1. The number of carbonyl (C=O) groups excluding carboxylic acids is 1. The molecule has 0 unspecified atom stereocenters. The zero-order chi connectivity index (χ0) is 19.6. The fraction of sp³-hybridized carbons (Fsp3) is 0.438. The Hall–Kier alpha value is -2.80. The van der Waals surface area contributed by atoms with Crippen molar-refractivity contribution in [1.29, 1.82) is 5.26 Å². The van der Waals surface area contributed by atoms with Gasteiger partial charge in [-0.25, -0.2) is 9.59 Å². The first-order valence-corrected chi connectivity index (χ1v) is 7.66. The van der Waals surface area contributed by atoms with Crippen LogP contribution in [0.1, 0.15) is 24.0 Å². The number of halogens is 3. The van der Waals surface area contributed by atoms with Crippen molar-refractivity contribution < 1.29 is 32.6 Å². The third kappa shape index (κ3) is 8.34. The molecule has 1 aliphatic rings. The first-order valence-electron chi connectivity index (χ1n) is 7.66. The summed E-state index contributed by atoms with van der Waals surface area (Å²) in [7, 11) is 0. The Balaban J connectivity index is 0.000000412. The summed E-state index contributed by atoms with van der Waals surface area (Å²) in [5.74, 6) is -2.76. The van der Waals surface area contributed by atoms with Crippen molar-refractivity contribution in [3.63, 3.8) is 0 Å². The number of rotatable bonds is 3. The number of carboxylic acid groups (broad SMARTS) is 1. The van der Waals surface area contributed by atoms with Gasteiger partial charge in [0.15, 0.2) is 0 Å². The summed E-state index contributed by atoms with van der Waals surface area (Å²) in [4.78, 5) is 20.5. The summed E-state index contributed by atoms with van der Waals surface area (Å²) in [6, 6.07) is 9.16. The number of carbonyl (C=O) groups is 2. The van der Waals surface area contributed by atoms with Crippen molar-refractivity contribution in [3.05, 3.63) is 35.4 Å². The molecule has 0 saturated carbocycles. The highest BCUT2D eigenvalue weighted by Crippen LogP contribution is 2.13. The predicted octanol–water partition coefficient (Wildman–Crippen LogP) is 2.17. The maximum Gasteiger partial charge on any atom is 0.490 e. The molecule has 0 spiro atoms. The number of nitrogens with one attached hydrogen (secondary N) is 2. The van der Waals surface area contributed by atoms with E-state index < -0.39 is 12.1 Å². The van der Waals surface area contributed by atoms with Crippen LogP contribution < -0.4 is 10.6 Å².